The van der Waals surface area contributed by atoms with Crippen molar-refractivity contribution in [2.75, 3.05) is 12.4 Å². The first-order chi connectivity index (χ1) is 13.0. The zero-order valence-electron chi connectivity index (χ0n) is 17.0. The normalized spacial score (nSPS) is 43.6. The Morgan fingerprint density at radius 2 is 1.96 bits per heavy atom. The summed E-state index contributed by atoms with van der Waals surface area (Å²) in [5.74, 6) is -0.614. The van der Waals surface area contributed by atoms with E-state index < -0.39 is 33.1 Å². The zero-order chi connectivity index (χ0) is 20.5. The number of fused-ring (bicyclic) bond motifs is 4. The second-order valence-corrected chi connectivity index (χ2v) is 11.5. The predicted molar refractivity (Wildman–Crippen MR) is 100 cm³/mol. The van der Waals surface area contributed by atoms with Crippen LogP contribution >= 0.6 is 0 Å². The van der Waals surface area contributed by atoms with Crippen LogP contribution in [0.2, 0.25) is 0 Å². The van der Waals surface area contributed by atoms with E-state index in [0.717, 1.165) is 12.8 Å². The first-order valence-electron chi connectivity index (χ1n) is 10.4. The maximum Gasteiger partial charge on any atom is 0.315 e. The molecule has 0 aromatic carbocycles. The van der Waals surface area contributed by atoms with E-state index in [9.17, 15) is 18.0 Å². The van der Waals surface area contributed by atoms with Gasteiger partial charge in [0.05, 0.1) is 17.8 Å². The van der Waals surface area contributed by atoms with Gasteiger partial charge in [0.1, 0.15) is 23.3 Å². The van der Waals surface area contributed by atoms with Crippen LogP contribution < -0.4 is 5.73 Å². The number of hydrogen-bond donors (Lipinski definition) is 1. The summed E-state index contributed by atoms with van der Waals surface area (Å²) >= 11 is 0. The molecular weight excluding hydrogens is 382 g/mol. The average Bonchev–Trinajstić information content (AvgIpc) is 3.22. The Morgan fingerprint density at radius 3 is 2.54 bits per heavy atom. The fourth-order valence-electron chi connectivity index (χ4n) is 6.80. The molecule has 4 aliphatic carbocycles. The van der Waals surface area contributed by atoms with E-state index >= 15 is 0 Å². The summed E-state index contributed by atoms with van der Waals surface area (Å²) in [6.07, 6.45) is 3.80. The molecule has 4 rings (SSSR count). The van der Waals surface area contributed by atoms with Crippen molar-refractivity contribution in [3.63, 3.8) is 0 Å². The molecule has 4 fully saturated rings. The Balaban J connectivity index is 1.56. The Hall–Kier alpha value is -0.990. The topological polar surface area (TPSA) is 114 Å². The van der Waals surface area contributed by atoms with Crippen molar-refractivity contribution in [3.05, 3.63) is 0 Å². The summed E-state index contributed by atoms with van der Waals surface area (Å²) in [5.41, 5.74) is 2.01. The average molecular weight is 415 g/mol. The van der Waals surface area contributed by atoms with Crippen molar-refractivity contribution in [1.29, 1.82) is 0 Å². The van der Waals surface area contributed by atoms with E-state index in [-0.39, 0.29) is 34.8 Å². The van der Waals surface area contributed by atoms with Gasteiger partial charge in [-0.15, -0.1) is 0 Å². The maximum absolute atomic E-state index is 13.2. The molecule has 0 saturated heterocycles. The minimum atomic E-state index is -3.95. The molecule has 4 bridgehead atoms. The third-order valence-corrected chi connectivity index (χ3v) is 10.0. The second-order valence-electron chi connectivity index (χ2n) is 9.90. The van der Waals surface area contributed by atoms with Crippen molar-refractivity contribution in [2.45, 2.75) is 70.9 Å². The molecule has 7 nitrogen and oxygen atoms in total. The Kier molecular flexibility index (Phi) is 4.53. The van der Waals surface area contributed by atoms with Gasteiger partial charge in [-0.25, -0.2) is 0 Å². The van der Waals surface area contributed by atoms with Crippen LogP contribution in [0.1, 0.15) is 59.3 Å². The lowest BCUT2D eigenvalue weighted by Crippen LogP contribution is -2.74. The minimum absolute atomic E-state index is 0.0512. The lowest BCUT2D eigenvalue weighted by atomic mass is 9.70. The molecule has 0 aromatic heterocycles. The number of carbonyl (C=O) groups is 2. The highest BCUT2D eigenvalue weighted by molar-refractivity contribution is 7.86. The molecule has 0 aromatic rings. The molecule has 6 atom stereocenters. The molecule has 0 aliphatic heterocycles. The first kappa shape index (κ1) is 20.3. The highest BCUT2D eigenvalue weighted by atomic mass is 32.2. The van der Waals surface area contributed by atoms with Crippen LogP contribution in [-0.4, -0.2) is 44.2 Å². The molecule has 3 N–H and O–H groups in total. The molecular formula is C20H32NO6S+. The molecule has 0 amide bonds. The van der Waals surface area contributed by atoms with Gasteiger partial charge in [0, 0.05) is 6.42 Å². The third kappa shape index (κ3) is 2.63. The number of rotatable bonds is 6. The van der Waals surface area contributed by atoms with E-state index in [1.807, 2.05) is 13.8 Å². The van der Waals surface area contributed by atoms with Crippen molar-refractivity contribution >= 4 is 21.9 Å². The zero-order valence-corrected chi connectivity index (χ0v) is 17.8. The van der Waals surface area contributed by atoms with Crippen molar-refractivity contribution in [2.24, 2.45) is 28.6 Å². The molecule has 0 radical (unpaired) electrons. The fourth-order valence-corrected chi connectivity index (χ4v) is 8.92. The third-order valence-electron chi connectivity index (χ3n) is 8.58. The van der Waals surface area contributed by atoms with E-state index in [0.29, 0.717) is 32.3 Å². The smallest absolute Gasteiger partial charge is 0.315 e. The van der Waals surface area contributed by atoms with Gasteiger partial charge in [0.15, 0.2) is 0 Å². The van der Waals surface area contributed by atoms with E-state index in [1.165, 1.54) is 0 Å². The maximum atomic E-state index is 13.2. The van der Waals surface area contributed by atoms with Gasteiger partial charge >= 0.3 is 5.97 Å². The number of quaternary nitrogens is 1. The van der Waals surface area contributed by atoms with E-state index in [4.69, 9.17) is 8.92 Å². The molecule has 0 unspecified atom stereocenters. The molecule has 4 saturated carbocycles. The first-order valence-corrected chi connectivity index (χ1v) is 12.0. The largest absolute Gasteiger partial charge is 0.466 e. The highest BCUT2D eigenvalue weighted by Crippen LogP contribution is 2.64. The molecule has 8 heteroatoms. The van der Waals surface area contributed by atoms with Gasteiger partial charge in [0.2, 0.25) is 0 Å². The number of ether oxygens (including phenoxy) is 1. The predicted octanol–water partition coefficient (Wildman–Crippen LogP) is 1.07. The van der Waals surface area contributed by atoms with Crippen LogP contribution in [0.4, 0.5) is 0 Å². The van der Waals surface area contributed by atoms with Crippen molar-refractivity contribution < 1.29 is 32.7 Å². The van der Waals surface area contributed by atoms with Crippen LogP contribution in [0.5, 0.6) is 0 Å². The number of ketones is 1. The Labute approximate surface area is 166 Å². The van der Waals surface area contributed by atoms with Crippen LogP contribution in [0.15, 0.2) is 0 Å². The number of esters is 1. The standard InChI is InChI=1S/C20H31NO6S/c1-4-26-17(23)15-12-5-8-20(10-12,16(15)21)27-28(24,25)11-19-7-6-13(9-14(19)22)18(19,2)3/h12-13,15-16H,4-11,21H2,1-3H3/p+1/t12-,13-,15+,16-,19+,20+/m0/s1. The quantitative estimate of drug-likeness (QED) is 0.514. The van der Waals surface area contributed by atoms with Gasteiger partial charge in [-0.3, -0.25) is 13.8 Å². The second kappa shape index (κ2) is 6.25. The highest BCUT2D eigenvalue weighted by Gasteiger charge is 2.68. The summed E-state index contributed by atoms with van der Waals surface area (Å²) in [6.45, 7) is 6.09. The molecule has 28 heavy (non-hydrogen) atoms. The SMILES string of the molecule is CCOC(=O)[C@@H]1[C@H]2CC[C@@](OS(=O)(=O)C[C@]34CC[C@@H](CC3=O)C4(C)C)(C2)[C@H]1[NH3+]. The summed E-state index contributed by atoms with van der Waals surface area (Å²) in [6, 6.07) is -0.457. The fraction of sp³-hybridized carbons (Fsp3) is 0.900. The van der Waals surface area contributed by atoms with E-state index in [2.05, 4.69) is 5.73 Å². The van der Waals surface area contributed by atoms with E-state index in [1.54, 1.807) is 6.92 Å². The summed E-state index contributed by atoms with van der Waals surface area (Å²) in [7, 11) is -3.95. The number of carbonyl (C=O) groups excluding carboxylic acids is 2. The summed E-state index contributed by atoms with van der Waals surface area (Å²) in [5, 5.41) is 0. The minimum Gasteiger partial charge on any atom is -0.466 e. The van der Waals surface area contributed by atoms with Gasteiger partial charge in [0.25, 0.3) is 10.1 Å². The van der Waals surface area contributed by atoms with Gasteiger partial charge < -0.3 is 10.5 Å². The summed E-state index contributed by atoms with van der Waals surface area (Å²) in [4.78, 5) is 25.1. The van der Waals surface area contributed by atoms with Gasteiger partial charge in [-0.05, 0) is 56.3 Å². The van der Waals surface area contributed by atoms with Crippen molar-refractivity contribution in [1.82, 2.24) is 0 Å². The molecule has 4 aliphatic rings. The Morgan fingerprint density at radius 1 is 1.25 bits per heavy atom. The van der Waals surface area contributed by atoms with Crippen LogP contribution in [0.25, 0.3) is 0 Å². The molecule has 0 spiro atoms. The summed E-state index contributed by atoms with van der Waals surface area (Å²) < 4.78 is 37.4. The van der Waals surface area contributed by atoms with Crippen LogP contribution in [0, 0.1) is 28.6 Å². The Bertz CT molecular complexity index is 808. The number of Topliss-reactive ketones (excluding diaryl/α,β-unsaturated/α-hetero) is 1. The van der Waals surface area contributed by atoms with Gasteiger partial charge in [-0.1, -0.05) is 13.8 Å². The monoisotopic (exact) mass is 414 g/mol. The van der Waals surface area contributed by atoms with Gasteiger partial charge in [-0.2, -0.15) is 8.42 Å². The molecule has 158 valence electrons. The van der Waals surface area contributed by atoms with Crippen molar-refractivity contribution in [3.8, 4) is 0 Å². The lowest BCUT2D eigenvalue weighted by Gasteiger charge is -2.38. The van der Waals surface area contributed by atoms with Crippen LogP contribution in [0.3, 0.4) is 0 Å². The number of hydrogen-bond acceptors (Lipinski definition) is 6. The van der Waals surface area contributed by atoms with Crippen LogP contribution in [-0.2, 0) is 28.6 Å². The molecule has 0 heterocycles. The lowest BCUT2D eigenvalue weighted by molar-refractivity contribution is -0.456.